The van der Waals surface area contributed by atoms with Crippen molar-refractivity contribution in [3.05, 3.63) is 71.5 Å². The Morgan fingerprint density at radius 1 is 1.00 bits per heavy atom. The van der Waals surface area contributed by atoms with E-state index in [-0.39, 0.29) is 29.0 Å². The van der Waals surface area contributed by atoms with E-state index in [0.717, 1.165) is 12.8 Å². The first kappa shape index (κ1) is 19.6. The van der Waals surface area contributed by atoms with Gasteiger partial charge in [0.25, 0.3) is 5.91 Å². The van der Waals surface area contributed by atoms with Crippen LogP contribution in [0.15, 0.2) is 54.6 Å². The first-order valence-electron chi connectivity index (χ1n) is 10.5. The van der Waals surface area contributed by atoms with Gasteiger partial charge in [-0.2, -0.15) is 0 Å². The lowest BCUT2D eigenvalue weighted by Gasteiger charge is -2.43. The molecule has 2 aromatic rings. The molecule has 1 heterocycles. The predicted octanol–water partition coefficient (Wildman–Crippen LogP) is 3.92. The van der Waals surface area contributed by atoms with Crippen molar-refractivity contribution in [3.63, 3.8) is 0 Å². The molecular weight excluding hydrogens is 367 g/mol. The molecule has 2 amide bonds. The maximum Gasteiger partial charge on any atom is 0.253 e. The van der Waals surface area contributed by atoms with E-state index >= 15 is 0 Å². The first-order chi connectivity index (χ1) is 14.1. The van der Waals surface area contributed by atoms with Gasteiger partial charge in [0.15, 0.2) is 0 Å². The molecule has 2 fully saturated rings. The fourth-order valence-electron chi connectivity index (χ4n) is 4.48. The molecule has 5 heteroatoms. The molecule has 2 aromatic carbocycles. The second-order valence-corrected chi connectivity index (χ2v) is 8.29. The van der Waals surface area contributed by atoms with Gasteiger partial charge in [0.2, 0.25) is 5.91 Å². The van der Waals surface area contributed by atoms with Crippen LogP contribution in [0.1, 0.15) is 48.0 Å². The summed E-state index contributed by atoms with van der Waals surface area (Å²) >= 11 is 0. The molecule has 1 saturated heterocycles. The fourth-order valence-corrected chi connectivity index (χ4v) is 4.48. The number of hydrogen-bond donors (Lipinski definition) is 1. The summed E-state index contributed by atoms with van der Waals surface area (Å²) in [6, 6.07) is 16.1. The summed E-state index contributed by atoms with van der Waals surface area (Å²) in [6.07, 6.45) is 4.76. The van der Waals surface area contributed by atoms with Crippen LogP contribution in [-0.4, -0.2) is 36.3 Å². The first-order valence-corrected chi connectivity index (χ1v) is 10.5. The Morgan fingerprint density at radius 3 is 2.24 bits per heavy atom. The number of benzene rings is 2. The Kier molecular flexibility index (Phi) is 5.65. The van der Waals surface area contributed by atoms with Gasteiger partial charge in [-0.25, -0.2) is 4.39 Å². The molecule has 0 bridgehead atoms. The van der Waals surface area contributed by atoms with E-state index in [2.05, 4.69) is 29.6 Å². The molecule has 152 valence electrons. The Labute approximate surface area is 171 Å². The molecular formula is C24H27FN2O2. The van der Waals surface area contributed by atoms with Gasteiger partial charge in [0.1, 0.15) is 5.82 Å². The smallest absolute Gasteiger partial charge is 0.253 e. The average Bonchev–Trinajstić information content (AvgIpc) is 2.74. The number of nitrogens with zero attached hydrogens (tertiary/aromatic N) is 1. The minimum atomic E-state index is -0.350. The lowest BCUT2D eigenvalue weighted by molar-refractivity contribution is -0.126. The van der Waals surface area contributed by atoms with E-state index in [1.54, 1.807) is 4.90 Å². The predicted molar refractivity (Wildman–Crippen MR) is 110 cm³/mol. The third kappa shape index (κ3) is 4.19. The average molecular weight is 394 g/mol. The van der Waals surface area contributed by atoms with Crippen LogP contribution in [0.4, 0.5) is 4.39 Å². The highest BCUT2D eigenvalue weighted by molar-refractivity contribution is 5.94. The number of amides is 2. The van der Waals surface area contributed by atoms with Crippen LogP contribution in [0.5, 0.6) is 0 Å². The zero-order valence-corrected chi connectivity index (χ0v) is 16.6. The van der Waals surface area contributed by atoms with Crippen molar-refractivity contribution >= 4 is 11.8 Å². The number of piperidine rings is 1. The molecule has 1 aliphatic heterocycles. The van der Waals surface area contributed by atoms with Gasteiger partial charge < -0.3 is 10.2 Å². The number of carbonyl (C=O) groups is 2. The van der Waals surface area contributed by atoms with Crippen LogP contribution < -0.4 is 5.32 Å². The van der Waals surface area contributed by atoms with Crippen molar-refractivity contribution in [2.45, 2.75) is 37.5 Å². The maximum absolute atomic E-state index is 13.1. The highest BCUT2D eigenvalue weighted by Gasteiger charge is 2.39. The third-order valence-electron chi connectivity index (χ3n) is 6.54. The lowest BCUT2D eigenvalue weighted by atomic mass is 9.64. The molecule has 0 radical (unpaired) electrons. The van der Waals surface area contributed by atoms with E-state index in [1.807, 2.05) is 6.07 Å². The van der Waals surface area contributed by atoms with Crippen molar-refractivity contribution < 1.29 is 14.0 Å². The quantitative estimate of drug-likeness (QED) is 0.836. The maximum atomic E-state index is 13.1. The molecule has 4 nitrogen and oxygen atoms in total. The molecule has 1 saturated carbocycles. The SMILES string of the molecule is O=C(NCC1(c2ccccc2)CCC1)C1CCN(C(=O)c2ccc(F)cc2)CC1. The largest absolute Gasteiger partial charge is 0.355 e. The molecule has 1 aliphatic carbocycles. The van der Waals surface area contributed by atoms with Gasteiger partial charge in [0.05, 0.1) is 0 Å². The molecule has 29 heavy (non-hydrogen) atoms. The van der Waals surface area contributed by atoms with Crippen molar-refractivity contribution in [2.75, 3.05) is 19.6 Å². The normalized spacial score (nSPS) is 18.7. The summed E-state index contributed by atoms with van der Waals surface area (Å²) in [5.41, 5.74) is 1.88. The van der Waals surface area contributed by atoms with Gasteiger partial charge >= 0.3 is 0 Å². The van der Waals surface area contributed by atoms with E-state index < -0.39 is 0 Å². The monoisotopic (exact) mass is 394 g/mol. The Balaban J connectivity index is 1.29. The van der Waals surface area contributed by atoms with Gasteiger partial charge in [-0.1, -0.05) is 36.8 Å². The molecule has 2 aliphatic rings. The summed E-state index contributed by atoms with van der Waals surface area (Å²) in [6.45, 7) is 1.79. The van der Waals surface area contributed by atoms with Crippen molar-refractivity contribution in [2.24, 2.45) is 5.92 Å². The van der Waals surface area contributed by atoms with E-state index in [9.17, 15) is 14.0 Å². The number of hydrogen-bond acceptors (Lipinski definition) is 2. The van der Waals surface area contributed by atoms with Crippen LogP contribution in [0.2, 0.25) is 0 Å². The Morgan fingerprint density at radius 2 is 1.66 bits per heavy atom. The number of likely N-dealkylation sites (tertiary alicyclic amines) is 1. The standard InChI is InChI=1S/C24H27FN2O2/c25-21-9-7-19(8-10-21)23(29)27-15-11-18(12-16-27)22(28)26-17-24(13-4-14-24)20-5-2-1-3-6-20/h1-3,5-10,18H,4,11-17H2,(H,26,28). The summed E-state index contributed by atoms with van der Waals surface area (Å²) < 4.78 is 13.1. The van der Waals surface area contributed by atoms with Crippen LogP contribution in [0.3, 0.4) is 0 Å². The number of nitrogens with one attached hydrogen (secondary N) is 1. The molecule has 4 rings (SSSR count). The third-order valence-corrected chi connectivity index (χ3v) is 6.54. The molecule has 0 spiro atoms. The van der Waals surface area contributed by atoms with Gasteiger partial charge in [-0.3, -0.25) is 9.59 Å². The molecule has 0 atom stereocenters. The summed E-state index contributed by atoms with van der Waals surface area (Å²) in [5, 5.41) is 3.19. The topological polar surface area (TPSA) is 49.4 Å². The zero-order valence-electron chi connectivity index (χ0n) is 16.6. The van der Waals surface area contributed by atoms with Crippen LogP contribution >= 0.6 is 0 Å². The minimum absolute atomic E-state index is 0.0554. The second kappa shape index (κ2) is 8.36. The van der Waals surface area contributed by atoms with Crippen LogP contribution in [-0.2, 0) is 10.2 Å². The molecule has 1 N–H and O–H groups in total. The summed E-state index contributed by atoms with van der Waals surface area (Å²) in [7, 11) is 0. The fraction of sp³-hybridized carbons (Fsp3) is 0.417. The van der Waals surface area contributed by atoms with Gasteiger partial charge in [-0.05, 0) is 55.5 Å². The number of halogens is 1. The van der Waals surface area contributed by atoms with Crippen molar-refractivity contribution in [1.29, 1.82) is 0 Å². The highest BCUT2D eigenvalue weighted by Crippen LogP contribution is 2.43. The number of carbonyl (C=O) groups excluding carboxylic acids is 2. The van der Waals surface area contributed by atoms with E-state index in [0.29, 0.717) is 38.0 Å². The van der Waals surface area contributed by atoms with Gasteiger partial charge in [0, 0.05) is 36.5 Å². The van der Waals surface area contributed by atoms with Crippen molar-refractivity contribution in [1.82, 2.24) is 10.2 Å². The summed E-state index contributed by atoms with van der Waals surface area (Å²) in [4.78, 5) is 27.1. The van der Waals surface area contributed by atoms with E-state index in [4.69, 9.17) is 0 Å². The molecule has 0 aromatic heterocycles. The van der Waals surface area contributed by atoms with Gasteiger partial charge in [-0.15, -0.1) is 0 Å². The Bertz CT molecular complexity index is 854. The summed E-state index contributed by atoms with van der Waals surface area (Å²) in [5.74, 6) is -0.403. The molecule has 0 unspecified atom stereocenters. The van der Waals surface area contributed by atoms with Crippen LogP contribution in [0.25, 0.3) is 0 Å². The number of rotatable bonds is 5. The highest BCUT2D eigenvalue weighted by atomic mass is 19.1. The zero-order chi connectivity index (χ0) is 20.3. The van der Waals surface area contributed by atoms with E-state index in [1.165, 1.54) is 36.2 Å². The minimum Gasteiger partial charge on any atom is -0.355 e. The second-order valence-electron chi connectivity index (χ2n) is 8.29. The Hall–Kier alpha value is -2.69. The lowest BCUT2D eigenvalue weighted by Crippen LogP contribution is -2.48. The van der Waals surface area contributed by atoms with Crippen molar-refractivity contribution in [3.8, 4) is 0 Å². The van der Waals surface area contributed by atoms with Crippen LogP contribution in [0, 0.1) is 11.7 Å².